The van der Waals surface area contributed by atoms with Gasteiger partial charge in [-0.15, -0.1) is 11.3 Å². The highest BCUT2D eigenvalue weighted by Gasteiger charge is 2.14. The second kappa shape index (κ2) is 6.23. The fraction of sp³-hybridized carbons (Fsp3) is 0.154. The summed E-state index contributed by atoms with van der Waals surface area (Å²) in [5, 5.41) is 24.6. The lowest BCUT2D eigenvalue weighted by Gasteiger charge is -2.09. The molecule has 0 fully saturated rings. The highest BCUT2D eigenvalue weighted by atomic mass is 32.1. The molecule has 2 amide bonds. The Hall–Kier alpha value is -2.61. The van der Waals surface area contributed by atoms with Crippen molar-refractivity contribution in [2.45, 2.75) is 13.5 Å². The number of amides is 2. The fourth-order valence-electron chi connectivity index (χ4n) is 1.64. The summed E-state index contributed by atoms with van der Waals surface area (Å²) in [6.07, 6.45) is 1.67. The highest BCUT2D eigenvalue weighted by Crippen LogP contribution is 2.27. The molecule has 0 saturated carbocycles. The third-order valence-corrected chi connectivity index (χ3v) is 3.52. The number of hydrogen-bond donors (Lipinski definition) is 4. The van der Waals surface area contributed by atoms with Crippen molar-refractivity contribution in [3.8, 4) is 5.75 Å². The normalized spacial score (nSPS) is 10.1. The van der Waals surface area contributed by atoms with Crippen LogP contribution in [-0.2, 0) is 6.54 Å². The molecule has 1 heterocycles. The third kappa shape index (κ3) is 3.69. The number of hydrogen-bond acceptors (Lipinski definition) is 5. The molecule has 0 spiro atoms. The summed E-state index contributed by atoms with van der Waals surface area (Å²) in [6, 6.07) is 3.56. The molecule has 4 N–H and O–H groups in total. The standard InChI is InChI=1S/C13H13N3O4S/c1-7-14-5-8(21-7)6-15-13(20)16-10-4-2-3-9(11(10)17)12(18)19/h2-5,17H,6H2,1H3,(H,18,19)(H2,15,16,20). The van der Waals surface area contributed by atoms with Gasteiger partial charge < -0.3 is 20.8 Å². The molecule has 21 heavy (non-hydrogen) atoms. The number of carbonyl (C=O) groups excluding carboxylic acids is 1. The smallest absolute Gasteiger partial charge is 0.339 e. The van der Waals surface area contributed by atoms with E-state index in [1.807, 2.05) is 6.92 Å². The number of thiazole rings is 1. The van der Waals surface area contributed by atoms with Gasteiger partial charge in [0.2, 0.25) is 0 Å². The Labute approximate surface area is 124 Å². The number of aromatic nitrogens is 1. The molecular weight excluding hydrogens is 294 g/mol. The van der Waals surface area contributed by atoms with E-state index in [1.165, 1.54) is 29.5 Å². The van der Waals surface area contributed by atoms with Crippen LogP contribution in [0.1, 0.15) is 20.2 Å². The van der Waals surface area contributed by atoms with E-state index in [1.54, 1.807) is 6.20 Å². The first kappa shape index (κ1) is 14.8. The molecule has 0 unspecified atom stereocenters. The minimum Gasteiger partial charge on any atom is -0.505 e. The van der Waals surface area contributed by atoms with Gasteiger partial charge in [-0.25, -0.2) is 14.6 Å². The molecule has 0 bridgehead atoms. The Morgan fingerprint density at radius 1 is 1.38 bits per heavy atom. The van der Waals surface area contributed by atoms with E-state index in [4.69, 9.17) is 5.11 Å². The van der Waals surface area contributed by atoms with Crippen LogP contribution < -0.4 is 10.6 Å². The predicted molar refractivity (Wildman–Crippen MR) is 77.8 cm³/mol. The second-order valence-electron chi connectivity index (χ2n) is 4.16. The van der Waals surface area contributed by atoms with Crippen molar-refractivity contribution < 1.29 is 19.8 Å². The minimum atomic E-state index is -1.27. The van der Waals surface area contributed by atoms with Gasteiger partial charge in [0.25, 0.3) is 0 Å². The number of carboxylic acids is 1. The van der Waals surface area contributed by atoms with Gasteiger partial charge in [-0.05, 0) is 19.1 Å². The van der Waals surface area contributed by atoms with Gasteiger partial charge >= 0.3 is 12.0 Å². The molecule has 1 aromatic heterocycles. The molecule has 0 aliphatic heterocycles. The number of urea groups is 1. The number of phenols is 1. The van der Waals surface area contributed by atoms with Gasteiger partial charge in [0, 0.05) is 11.1 Å². The fourth-order valence-corrected chi connectivity index (χ4v) is 2.37. The highest BCUT2D eigenvalue weighted by molar-refractivity contribution is 7.11. The van der Waals surface area contributed by atoms with Crippen molar-refractivity contribution in [3.63, 3.8) is 0 Å². The number of carbonyl (C=O) groups is 2. The maximum absolute atomic E-state index is 11.7. The first-order valence-electron chi connectivity index (χ1n) is 5.99. The predicted octanol–water partition coefficient (Wildman–Crippen LogP) is 2.18. The summed E-state index contributed by atoms with van der Waals surface area (Å²) >= 11 is 1.46. The van der Waals surface area contributed by atoms with E-state index in [-0.39, 0.29) is 11.3 Å². The third-order valence-electron chi connectivity index (χ3n) is 2.61. The average Bonchev–Trinajstić information content (AvgIpc) is 2.84. The van der Waals surface area contributed by atoms with Crippen LogP contribution >= 0.6 is 11.3 Å². The number of nitrogens with one attached hydrogen (secondary N) is 2. The van der Waals surface area contributed by atoms with Crippen LogP contribution in [0.15, 0.2) is 24.4 Å². The van der Waals surface area contributed by atoms with Crippen molar-refractivity contribution in [2.75, 3.05) is 5.32 Å². The lowest BCUT2D eigenvalue weighted by Crippen LogP contribution is -2.28. The summed E-state index contributed by atoms with van der Waals surface area (Å²) in [5.41, 5.74) is -0.237. The Balaban J connectivity index is 1.99. The van der Waals surface area contributed by atoms with E-state index in [2.05, 4.69) is 15.6 Å². The lowest BCUT2D eigenvalue weighted by atomic mass is 10.2. The summed E-state index contributed by atoms with van der Waals surface area (Å²) in [4.78, 5) is 27.6. The zero-order valence-corrected chi connectivity index (χ0v) is 11.9. The number of aryl methyl sites for hydroxylation is 1. The molecular formula is C13H13N3O4S. The van der Waals surface area contributed by atoms with E-state index in [0.717, 1.165) is 9.88 Å². The first-order chi connectivity index (χ1) is 9.97. The van der Waals surface area contributed by atoms with E-state index < -0.39 is 17.7 Å². The maximum atomic E-state index is 11.7. The molecule has 0 saturated heterocycles. The van der Waals surface area contributed by atoms with Crippen molar-refractivity contribution in [3.05, 3.63) is 39.8 Å². The Morgan fingerprint density at radius 2 is 2.14 bits per heavy atom. The van der Waals surface area contributed by atoms with Crippen LogP contribution in [0.4, 0.5) is 10.5 Å². The number of carboxylic acid groups (broad SMARTS) is 1. The van der Waals surface area contributed by atoms with Gasteiger partial charge in [-0.3, -0.25) is 0 Å². The van der Waals surface area contributed by atoms with Crippen LogP contribution in [0, 0.1) is 6.92 Å². The Kier molecular flexibility index (Phi) is 4.39. The molecule has 8 heteroatoms. The van der Waals surface area contributed by atoms with Gasteiger partial charge in [0.15, 0.2) is 5.75 Å². The van der Waals surface area contributed by atoms with Crippen LogP contribution in [0.25, 0.3) is 0 Å². The van der Waals surface area contributed by atoms with E-state index in [9.17, 15) is 14.7 Å². The zero-order chi connectivity index (χ0) is 15.4. The number of para-hydroxylation sites is 1. The molecule has 0 atom stereocenters. The number of rotatable bonds is 4. The largest absolute Gasteiger partial charge is 0.505 e. The van der Waals surface area contributed by atoms with E-state index in [0.29, 0.717) is 6.54 Å². The summed E-state index contributed by atoms with van der Waals surface area (Å²) < 4.78 is 0. The molecule has 110 valence electrons. The number of nitrogens with zero attached hydrogens (tertiary/aromatic N) is 1. The van der Waals surface area contributed by atoms with Crippen molar-refractivity contribution in [2.24, 2.45) is 0 Å². The minimum absolute atomic E-state index is 0.0351. The average molecular weight is 307 g/mol. The van der Waals surface area contributed by atoms with Crippen molar-refractivity contribution in [1.82, 2.24) is 10.3 Å². The summed E-state index contributed by atoms with van der Waals surface area (Å²) in [7, 11) is 0. The lowest BCUT2D eigenvalue weighted by molar-refractivity contribution is 0.0693. The Bertz CT molecular complexity index is 684. The van der Waals surface area contributed by atoms with Crippen molar-refractivity contribution >= 4 is 29.0 Å². The topological polar surface area (TPSA) is 112 Å². The number of aromatic hydroxyl groups is 1. The second-order valence-corrected chi connectivity index (χ2v) is 5.48. The van der Waals surface area contributed by atoms with Crippen LogP contribution in [0.5, 0.6) is 5.75 Å². The van der Waals surface area contributed by atoms with Crippen LogP contribution in [0.2, 0.25) is 0 Å². The zero-order valence-electron chi connectivity index (χ0n) is 11.1. The van der Waals surface area contributed by atoms with Crippen LogP contribution in [0.3, 0.4) is 0 Å². The van der Waals surface area contributed by atoms with Gasteiger partial charge in [-0.1, -0.05) is 6.07 Å². The number of aromatic carboxylic acids is 1. The molecule has 2 rings (SSSR count). The van der Waals surface area contributed by atoms with Crippen molar-refractivity contribution in [1.29, 1.82) is 0 Å². The first-order valence-corrected chi connectivity index (χ1v) is 6.80. The quantitative estimate of drug-likeness (QED) is 0.647. The number of anilines is 1. The monoisotopic (exact) mass is 307 g/mol. The molecule has 0 aliphatic carbocycles. The number of benzene rings is 1. The SMILES string of the molecule is Cc1ncc(CNC(=O)Nc2cccc(C(=O)O)c2O)s1. The van der Waals surface area contributed by atoms with Gasteiger partial charge in [0.05, 0.1) is 17.2 Å². The maximum Gasteiger partial charge on any atom is 0.339 e. The molecule has 2 aromatic rings. The summed E-state index contributed by atoms with van der Waals surface area (Å²) in [5.74, 6) is -1.74. The van der Waals surface area contributed by atoms with Gasteiger partial charge in [-0.2, -0.15) is 0 Å². The Morgan fingerprint density at radius 3 is 2.76 bits per heavy atom. The molecule has 0 aliphatic rings. The molecule has 0 radical (unpaired) electrons. The molecule has 7 nitrogen and oxygen atoms in total. The van der Waals surface area contributed by atoms with Gasteiger partial charge in [0.1, 0.15) is 5.56 Å². The van der Waals surface area contributed by atoms with Crippen LogP contribution in [-0.4, -0.2) is 27.2 Å². The summed E-state index contributed by atoms with van der Waals surface area (Å²) in [6.45, 7) is 2.17. The van der Waals surface area contributed by atoms with E-state index >= 15 is 0 Å². The molecule has 1 aromatic carbocycles.